The van der Waals surface area contributed by atoms with E-state index in [0.717, 1.165) is 0 Å². The van der Waals surface area contributed by atoms with Gasteiger partial charge in [0.2, 0.25) is 0 Å². The van der Waals surface area contributed by atoms with Gasteiger partial charge < -0.3 is 15.3 Å². The van der Waals surface area contributed by atoms with Crippen LogP contribution in [0.3, 0.4) is 0 Å². The van der Waals surface area contributed by atoms with Crippen LogP contribution in [0.1, 0.15) is 0 Å². The maximum atomic E-state index is 8.25. The van der Waals surface area contributed by atoms with E-state index in [1.807, 2.05) is 0 Å². The first-order valence-electron chi connectivity index (χ1n) is 0.548. The summed E-state index contributed by atoms with van der Waals surface area (Å²) < 4.78 is 0. The molecule has 0 heterocycles. The monoisotopic (exact) mass is 155 g/mol. The van der Waals surface area contributed by atoms with Gasteiger partial charge in [-0.05, 0) is 0 Å². The van der Waals surface area contributed by atoms with Crippen LogP contribution in [0.15, 0.2) is 0 Å². The molecule has 0 saturated carbocycles. The van der Waals surface area contributed by atoms with Crippen molar-refractivity contribution in [2.45, 2.75) is 0 Å². The molecule has 0 aliphatic carbocycles. The second-order valence-electron chi connectivity index (χ2n) is 0.224. The summed E-state index contributed by atoms with van der Waals surface area (Å²) in [5.74, 6) is 0. The van der Waals surface area contributed by atoms with E-state index in [9.17, 15) is 0 Å². The van der Waals surface area contributed by atoms with Gasteiger partial charge in [-0.3, -0.25) is 0 Å². The molecule has 0 atom stereocenters. The SMILES string of the molecule is O=[N+]([O-])[O-].[Nb+5]. The van der Waals surface area contributed by atoms with Crippen molar-refractivity contribution in [2.24, 2.45) is 0 Å². The third-order valence-electron chi connectivity index (χ3n) is 0. The fourth-order valence-electron chi connectivity index (χ4n) is 0. The zero-order valence-corrected chi connectivity index (χ0v) is 4.32. The molecule has 5 heteroatoms. The molecular weight excluding hydrogens is 155 g/mol. The molecular formula is NNbO3+4. The first-order valence-corrected chi connectivity index (χ1v) is 0.548. The maximum Gasteiger partial charge on any atom is 5.00 e. The predicted octanol–water partition coefficient (Wildman–Crippen LogP) is -0.242. The van der Waals surface area contributed by atoms with Crippen LogP contribution in [0, 0.1) is 15.3 Å². The minimum atomic E-state index is -1.75. The molecule has 0 aromatic rings. The molecule has 0 radical (unpaired) electrons. The number of nitrogens with zero attached hydrogens (tertiary/aromatic N) is 1. The molecule has 4 nitrogen and oxygen atoms in total. The smallest absolute Gasteiger partial charge is 0.356 e. The summed E-state index contributed by atoms with van der Waals surface area (Å²) in [7, 11) is 0. The average molecular weight is 155 g/mol. The number of rotatable bonds is 0. The van der Waals surface area contributed by atoms with Gasteiger partial charge in [-0.1, -0.05) is 0 Å². The largest absolute Gasteiger partial charge is 5.00 e. The first-order chi connectivity index (χ1) is 1.73. The summed E-state index contributed by atoms with van der Waals surface area (Å²) in [6, 6.07) is 0. The molecule has 0 fully saturated rings. The molecule has 0 unspecified atom stereocenters. The number of hydrogen-bond donors (Lipinski definition) is 0. The molecule has 0 aromatic carbocycles. The van der Waals surface area contributed by atoms with Crippen molar-refractivity contribution in [1.82, 2.24) is 0 Å². The standard InChI is InChI=1S/NO3.Nb/c2-1(3)4;/q-1;+5. The van der Waals surface area contributed by atoms with E-state index in [1.54, 1.807) is 0 Å². The molecule has 0 bridgehead atoms. The molecule has 0 saturated heterocycles. The second-order valence-corrected chi connectivity index (χ2v) is 0.224. The van der Waals surface area contributed by atoms with E-state index in [4.69, 9.17) is 15.3 Å². The van der Waals surface area contributed by atoms with Gasteiger partial charge in [-0.15, -0.1) is 0 Å². The van der Waals surface area contributed by atoms with Gasteiger partial charge in [-0.25, -0.2) is 0 Å². The minimum absolute atomic E-state index is 0. The maximum absolute atomic E-state index is 8.25. The van der Waals surface area contributed by atoms with Gasteiger partial charge in [0.1, 0.15) is 0 Å². The van der Waals surface area contributed by atoms with E-state index in [-0.39, 0.29) is 22.4 Å². The Hall–Kier alpha value is -0.0597. The van der Waals surface area contributed by atoms with Gasteiger partial charge in [0.15, 0.2) is 0 Å². The van der Waals surface area contributed by atoms with Gasteiger partial charge in [0, 0.05) is 0 Å². The summed E-state index contributed by atoms with van der Waals surface area (Å²) in [6.07, 6.45) is 0. The predicted molar refractivity (Wildman–Crippen MR) is 10.4 cm³/mol. The van der Waals surface area contributed by atoms with Crippen LogP contribution in [0.25, 0.3) is 0 Å². The van der Waals surface area contributed by atoms with Gasteiger partial charge >= 0.3 is 22.4 Å². The summed E-state index contributed by atoms with van der Waals surface area (Å²) >= 11 is 0. The molecule has 0 spiro atoms. The van der Waals surface area contributed by atoms with Gasteiger partial charge in [0.05, 0.1) is 5.09 Å². The molecule has 0 aromatic heterocycles. The molecule has 0 N–H and O–H groups in total. The third-order valence-corrected chi connectivity index (χ3v) is 0. The van der Waals surface area contributed by atoms with Crippen LogP contribution < -0.4 is 0 Å². The normalized spacial score (nSPS) is 4.80. The fourth-order valence-corrected chi connectivity index (χ4v) is 0. The third kappa shape index (κ3) is 4160. The Bertz CT molecular complexity index is 29.9. The minimum Gasteiger partial charge on any atom is -0.356 e. The Labute approximate surface area is 43.4 Å². The van der Waals surface area contributed by atoms with Crippen molar-refractivity contribution in [3.8, 4) is 0 Å². The summed E-state index contributed by atoms with van der Waals surface area (Å²) in [6.45, 7) is 0. The molecule has 0 aliphatic heterocycles. The Balaban J connectivity index is 0. The van der Waals surface area contributed by atoms with Crippen molar-refractivity contribution in [2.75, 3.05) is 0 Å². The molecule has 5 heavy (non-hydrogen) atoms. The van der Waals surface area contributed by atoms with Crippen molar-refractivity contribution in [1.29, 1.82) is 0 Å². The second kappa shape index (κ2) is 3.94. The van der Waals surface area contributed by atoms with Crippen LogP contribution in [0.5, 0.6) is 0 Å². The van der Waals surface area contributed by atoms with Crippen molar-refractivity contribution in [3.05, 3.63) is 15.3 Å². The topological polar surface area (TPSA) is 66.2 Å². The Morgan fingerprint density at radius 3 is 1.40 bits per heavy atom. The van der Waals surface area contributed by atoms with Crippen LogP contribution in [-0.4, -0.2) is 5.09 Å². The van der Waals surface area contributed by atoms with E-state index in [0.29, 0.717) is 0 Å². The Morgan fingerprint density at radius 2 is 1.40 bits per heavy atom. The Morgan fingerprint density at radius 1 is 1.40 bits per heavy atom. The van der Waals surface area contributed by atoms with Gasteiger partial charge in [-0.2, -0.15) is 0 Å². The van der Waals surface area contributed by atoms with Crippen molar-refractivity contribution in [3.63, 3.8) is 0 Å². The van der Waals surface area contributed by atoms with Crippen LogP contribution in [0.2, 0.25) is 0 Å². The van der Waals surface area contributed by atoms with Crippen LogP contribution >= 0.6 is 0 Å². The summed E-state index contributed by atoms with van der Waals surface area (Å²) in [5.41, 5.74) is 0. The van der Waals surface area contributed by atoms with Gasteiger partial charge in [0.25, 0.3) is 0 Å². The fraction of sp³-hybridized carbons (Fsp3) is 0. The zero-order valence-electron chi connectivity index (χ0n) is 2.12. The summed E-state index contributed by atoms with van der Waals surface area (Å²) in [5, 5.41) is 14.8. The summed E-state index contributed by atoms with van der Waals surface area (Å²) in [4.78, 5) is 8.25. The van der Waals surface area contributed by atoms with Crippen LogP contribution in [0.4, 0.5) is 0 Å². The van der Waals surface area contributed by atoms with E-state index < -0.39 is 5.09 Å². The van der Waals surface area contributed by atoms with Crippen molar-refractivity contribution >= 4 is 0 Å². The van der Waals surface area contributed by atoms with E-state index >= 15 is 0 Å². The number of hydrogen-bond acceptors (Lipinski definition) is 3. The van der Waals surface area contributed by atoms with E-state index in [2.05, 4.69) is 0 Å². The molecule has 0 amide bonds. The molecule has 24 valence electrons. The zero-order chi connectivity index (χ0) is 3.58. The molecule has 0 rings (SSSR count). The quantitative estimate of drug-likeness (QED) is 0.275. The average Bonchev–Trinajstić information content (AvgIpc) is 0.811. The van der Waals surface area contributed by atoms with Crippen molar-refractivity contribution < 1.29 is 27.5 Å². The van der Waals surface area contributed by atoms with E-state index in [1.165, 1.54) is 0 Å². The molecule has 0 aliphatic rings. The Kier molecular flexibility index (Phi) is 6.99. The van der Waals surface area contributed by atoms with Crippen LogP contribution in [-0.2, 0) is 22.4 Å². The first kappa shape index (κ1) is 8.87.